The van der Waals surface area contributed by atoms with Crippen LogP contribution in [0.2, 0.25) is 0 Å². The Morgan fingerprint density at radius 1 is 1.21 bits per heavy atom. The van der Waals surface area contributed by atoms with E-state index < -0.39 is 10.0 Å². The Morgan fingerprint density at radius 2 is 1.93 bits per heavy atom. The molecule has 0 saturated heterocycles. The molecule has 0 aliphatic heterocycles. The van der Waals surface area contributed by atoms with Crippen molar-refractivity contribution in [3.8, 4) is 17.1 Å². The topological polar surface area (TPSA) is 115 Å². The fourth-order valence-electron chi connectivity index (χ4n) is 2.60. The van der Waals surface area contributed by atoms with Crippen molar-refractivity contribution in [2.45, 2.75) is 6.54 Å². The molecule has 10 heteroatoms. The van der Waals surface area contributed by atoms with Gasteiger partial charge in [-0.15, -0.1) is 0 Å². The fourth-order valence-corrected chi connectivity index (χ4v) is 3.16. The van der Waals surface area contributed by atoms with Gasteiger partial charge in [0.05, 0.1) is 19.9 Å². The summed E-state index contributed by atoms with van der Waals surface area (Å²) < 4.78 is 35.5. The normalized spacial score (nSPS) is 11.1. The Labute approximate surface area is 168 Å². The second-order valence-corrected chi connectivity index (χ2v) is 8.10. The molecule has 0 spiro atoms. The first kappa shape index (κ1) is 20.3. The van der Waals surface area contributed by atoms with Gasteiger partial charge >= 0.3 is 0 Å². The van der Waals surface area contributed by atoms with Crippen LogP contribution in [-0.4, -0.2) is 49.8 Å². The van der Waals surface area contributed by atoms with E-state index in [0.29, 0.717) is 17.1 Å². The minimum atomic E-state index is -3.43. The summed E-state index contributed by atoms with van der Waals surface area (Å²) >= 11 is 0. The molecule has 0 fully saturated rings. The Kier molecular flexibility index (Phi) is 5.83. The van der Waals surface area contributed by atoms with E-state index in [1.165, 1.54) is 11.0 Å². The van der Waals surface area contributed by atoms with E-state index >= 15 is 0 Å². The van der Waals surface area contributed by atoms with Crippen LogP contribution >= 0.6 is 0 Å². The lowest BCUT2D eigenvalue weighted by Crippen LogP contribution is -2.26. The van der Waals surface area contributed by atoms with Crippen molar-refractivity contribution >= 4 is 21.6 Å². The van der Waals surface area contributed by atoms with Crippen molar-refractivity contribution in [1.82, 2.24) is 15.0 Å². The number of ether oxygens (including phenoxy) is 1. The molecular formula is C19H20N4O5S. The molecule has 1 heterocycles. The summed E-state index contributed by atoms with van der Waals surface area (Å²) in [6.45, 7) is 0.103. The van der Waals surface area contributed by atoms with Gasteiger partial charge in [0.2, 0.25) is 21.7 Å². The second kappa shape index (κ2) is 8.31. The highest BCUT2D eigenvalue weighted by Crippen LogP contribution is 2.20. The summed E-state index contributed by atoms with van der Waals surface area (Å²) in [5.74, 6) is 1.08. The number of methoxy groups -OCH3 is 1. The zero-order chi connectivity index (χ0) is 21.0. The lowest BCUT2D eigenvalue weighted by molar-refractivity contribution is 0.0769. The first-order chi connectivity index (χ1) is 13.7. The molecule has 0 unspecified atom stereocenters. The summed E-state index contributed by atoms with van der Waals surface area (Å²) in [5, 5.41) is 3.94. The molecule has 0 atom stereocenters. The predicted octanol–water partition coefficient (Wildman–Crippen LogP) is 2.39. The highest BCUT2D eigenvalue weighted by molar-refractivity contribution is 7.92. The molecule has 1 N–H and O–H groups in total. The van der Waals surface area contributed by atoms with Gasteiger partial charge in [-0.05, 0) is 42.5 Å². The first-order valence-electron chi connectivity index (χ1n) is 8.55. The quantitative estimate of drug-likeness (QED) is 0.629. The van der Waals surface area contributed by atoms with Crippen LogP contribution in [0, 0.1) is 0 Å². The number of anilines is 1. The van der Waals surface area contributed by atoms with Gasteiger partial charge in [-0.3, -0.25) is 9.52 Å². The molecule has 0 bridgehead atoms. The summed E-state index contributed by atoms with van der Waals surface area (Å²) in [7, 11) is -0.255. The Bertz CT molecular complexity index is 1110. The van der Waals surface area contributed by atoms with E-state index in [-0.39, 0.29) is 18.3 Å². The molecule has 152 valence electrons. The van der Waals surface area contributed by atoms with Crippen LogP contribution in [0.4, 0.5) is 5.69 Å². The number of hydrogen-bond acceptors (Lipinski definition) is 7. The number of carbonyl (C=O) groups excluding carboxylic acids is 1. The average molecular weight is 416 g/mol. The molecule has 1 aromatic heterocycles. The minimum Gasteiger partial charge on any atom is -0.497 e. The van der Waals surface area contributed by atoms with Crippen LogP contribution < -0.4 is 9.46 Å². The van der Waals surface area contributed by atoms with Crippen LogP contribution in [-0.2, 0) is 16.6 Å². The van der Waals surface area contributed by atoms with E-state index in [4.69, 9.17) is 9.26 Å². The zero-order valence-corrected chi connectivity index (χ0v) is 16.9. The average Bonchev–Trinajstić information content (AvgIpc) is 3.14. The highest BCUT2D eigenvalue weighted by atomic mass is 32.2. The number of sulfonamides is 1. The number of amides is 1. The third kappa shape index (κ3) is 5.32. The van der Waals surface area contributed by atoms with Crippen molar-refractivity contribution in [2.75, 3.05) is 25.1 Å². The maximum Gasteiger partial charge on any atom is 0.254 e. The van der Waals surface area contributed by atoms with Gasteiger partial charge in [0.1, 0.15) is 5.75 Å². The summed E-state index contributed by atoms with van der Waals surface area (Å²) in [4.78, 5) is 18.4. The van der Waals surface area contributed by atoms with Gasteiger partial charge in [0.15, 0.2) is 0 Å². The molecule has 1 amide bonds. The van der Waals surface area contributed by atoms with Crippen LogP contribution in [0.25, 0.3) is 11.4 Å². The standard InChI is InChI=1S/C19H20N4O5S/c1-23(19(24)14-5-4-6-15(11-14)22-29(3,25)26)12-17-20-18(21-28-17)13-7-9-16(27-2)10-8-13/h4-11,22H,12H2,1-3H3. The van der Waals surface area contributed by atoms with Crippen LogP contribution in [0.15, 0.2) is 53.1 Å². The van der Waals surface area contributed by atoms with Gasteiger partial charge in [-0.2, -0.15) is 4.98 Å². The van der Waals surface area contributed by atoms with E-state index in [9.17, 15) is 13.2 Å². The number of hydrogen-bond donors (Lipinski definition) is 1. The summed E-state index contributed by atoms with van der Waals surface area (Å²) in [6.07, 6.45) is 1.05. The first-order valence-corrected chi connectivity index (χ1v) is 10.4. The molecule has 0 radical (unpaired) electrons. The molecule has 2 aromatic carbocycles. The van der Waals surface area contributed by atoms with Crippen molar-refractivity contribution in [3.05, 3.63) is 60.0 Å². The number of rotatable bonds is 7. The summed E-state index contributed by atoms with van der Waals surface area (Å²) in [5.41, 5.74) is 1.40. The molecule has 0 aliphatic carbocycles. The fraction of sp³-hybridized carbons (Fsp3) is 0.211. The Balaban J connectivity index is 1.70. The predicted molar refractivity (Wildman–Crippen MR) is 107 cm³/mol. The van der Waals surface area contributed by atoms with Crippen LogP contribution in [0.5, 0.6) is 5.75 Å². The smallest absolute Gasteiger partial charge is 0.254 e. The molecule has 9 nitrogen and oxygen atoms in total. The maximum atomic E-state index is 12.7. The second-order valence-electron chi connectivity index (χ2n) is 6.36. The van der Waals surface area contributed by atoms with E-state index in [1.807, 2.05) is 12.1 Å². The van der Waals surface area contributed by atoms with Gasteiger partial charge < -0.3 is 14.2 Å². The summed E-state index contributed by atoms with van der Waals surface area (Å²) in [6, 6.07) is 13.4. The monoisotopic (exact) mass is 416 g/mol. The Morgan fingerprint density at radius 3 is 2.59 bits per heavy atom. The number of aromatic nitrogens is 2. The SMILES string of the molecule is COc1ccc(-c2noc(CN(C)C(=O)c3cccc(NS(C)(=O)=O)c3)n2)cc1. The highest BCUT2D eigenvalue weighted by Gasteiger charge is 2.17. The number of nitrogens with one attached hydrogen (secondary N) is 1. The van der Waals surface area contributed by atoms with Crippen molar-refractivity contribution in [1.29, 1.82) is 0 Å². The minimum absolute atomic E-state index is 0.103. The van der Waals surface area contributed by atoms with Crippen LogP contribution in [0.3, 0.4) is 0 Å². The number of nitrogens with zero attached hydrogens (tertiary/aromatic N) is 3. The van der Waals surface area contributed by atoms with Gasteiger partial charge in [0, 0.05) is 23.9 Å². The molecule has 29 heavy (non-hydrogen) atoms. The zero-order valence-electron chi connectivity index (χ0n) is 16.1. The van der Waals surface area contributed by atoms with Crippen LogP contribution in [0.1, 0.15) is 16.2 Å². The third-order valence-corrected chi connectivity index (χ3v) is 4.55. The molecule has 0 saturated carbocycles. The largest absolute Gasteiger partial charge is 0.497 e. The van der Waals surface area contributed by atoms with E-state index in [0.717, 1.165) is 17.6 Å². The van der Waals surface area contributed by atoms with E-state index in [1.54, 1.807) is 44.5 Å². The van der Waals surface area contributed by atoms with Gasteiger partial charge in [0.25, 0.3) is 5.91 Å². The van der Waals surface area contributed by atoms with Crippen molar-refractivity contribution in [2.24, 2.45) is 0 Å². The number of carbonyl (C=O) groups is 1. The van der Waals surface area contributed by atoms with Crippen molar-refractivity contribution < 1.29 is 22.5 Å². The Hall–Kier alpha value is -3.40. The molecular weight excluding hydrogens is 396 g/mol. The van der Waals surface area contributed by atoms with E-state index in [2.05, 4.69) is 14.9 Å². The molecule has 3 aromatic rings. The maximum absolute atomic E-state index is 12.7. The third-order valence-electron chi connectivity index (χ3n) is 3.95. The lowest BCUT2D eigenvalue weighted by atomic mass is 10.2. The molecule has 3 rings (SSSR count). The van der Waals surface area contributed by atoms with Crippen molar-refractivity contribution in [3.63, 3.8) is 0 Å². The molecule has 0 aliphatic rings. The lowest BCUT2D eigenvalue weighted by Gasteiger charge is -2.15. The number of benzene rings is 2. The van der Waals surface area contributed by atoms with Gasteiger partial charge in [-0.25, -0.2) is 8.42 Å². The van der Waals surface area contributed by atoms with Gasteiger partial charge in [-0.1, -0.05) is 11.2 Å².